The van der Waals surface area contributed by atoms with Gasteiger partial charge >= 0.3 is 0 Å². The van der Waals surface area contributed by atoms with Crippen LogP contribution < -0.4 is 5.32 Å². The molecule has 1 fully saturated rings. The van der Waals surface area contributed by atoms with Gasteiger partial charge in [-0.1, -0.05) is 18.2 Å². The molecule has 8 heteroatoms. The minimum Gasteiger partial charge on any atom is -0.373 e. The van der Waals surface area contributed by atoms with Crippen molar-refractivity contribution in [2.24, 2.45) is 0 Å². The van der Waals surface area contributed by atoms with E-state index in [-0.39, 0.29) is 30.4 Å². The summed E-state index contributed by atoms with van der Waals surface area (Å²) in [5.74, 6) is -0.195. The number of aromatic amines is 1. The number of fused-ring (bicyclic) bond motifs is 1. The molecule has 2 N–H and O–H groups in total. The first-order valence-electron chi connectivity index (χ1n) is 9.80. The van der Waals surface area contributed by atoms with E-state index in [2.05, 4.69) is 16.4 Å². The van der Waals surface area contributed by atoms with Gasteiger partial charge in [-0.2, -0.15) is 4.31 Å². The van der Waals surface area contributed by atoms with Gasteiger partial charge in [0.15, 0.2) is 0 Å². The highest BCUT2D eigenvalue weighted by molar-refractivity contribution is 7.89. The van der Waals surface area contributed by atoms with Crippen LogP contribution in [0.15, 0.2) is 30.5 Å². The zero-order chi connectivity index (χ0) is 20.1. The van der Waals surface area contributed by atoms with Crippen molar-refractivity contribution in [2.45, 2.75) is 45.3 Å². The van der Waals surface area contributed by atoms with Crippen LogP contribution >= 0.6 is 0 Å². The van der Waals surface area contributed by atoms with E-state index in [0.29, 0.717) is 19.5 Å². The summed E-state index contributed by atoms with van der Waals surface area (Å²) in [6.45, 7) is 4.60. The molecule has 7 nitrogen and oxygen atoms in total. The number of sulfonamides is 1. The summed E-state index contributed by atoms with van der Waals surface area (Å²) in [5.41, 5.74) is 2.29. The summed E-state index contributed by atoms with van der Waals surface area (Å²) in [7, 11) is -3.39. The fourth-order valence-corrected chi connectivity index (χ4v) is 5.16. The minimum atomic E-state index is -3.39. The number of carbonyl (C=O) groups excluding carboxylic acids is 1. The molecule has 3 rings (SSSR count). The number of carbonyl (C=O) groups is 1. The summed E-state index contributed by atoms with van der Waals surface area (Å²) < 4.78 is 32.0. The summed E-state index contributed by atoms with van der Waals surface area (Å²) in [5, 5.41) is 3.92. The second-order valence-electron chi connectivity index (χ2n) is 7.45. The van der Waals surface area contributed by atoms with Gasteiger partial charge in [-0.25, -0.2) is 8.42 Å². The highest BCUT2D eigenvalue weighted by atomic mass is 32.2. The number of nitrogens with one attached hydrogen (secondary N) is 2. The van der Waals surface area contributed by atoms with E-state index in [4.69, 9.17) is 4.74 Å². The van der Waals surface area contributed by atoms with Crippen LogP contribution in [-0.2, 0) is 26.0 Å². The van der Waals surface area contributed by atoms with Crippen LogP contribution in [0.4, 0.5) is 0 Å². The van der Waals surface area contributed by atoms with Gasteiger partial charge in [0.25, 0.3) is 0 Å². The van der Waals surface area contributed by atoms with Crippen molar-refractivity contribution in [3.05, 3.63) is 36.0 Å². The first kappa shape index (κ1) is 20.8. The Bertz CT molecular complexity index is 899. The fraction of sp³-hybridized carbons (Fsp3) is 0.550. The second-order valence-corrected chi connectivity index (χ2v) is 9.54. The Kier molecular flexibility index (Phi) is 6.74. The lowest BCUT2D eigenvalue weighted by Crippen LogP contribution is -2.49. The molecule has 1 aromatic heterocycles. The van der Waals surface area contributed by atoms with Crippen LogP contribution in [0.1, 0.15) is 32.3 Å². The molecule has 1 amide bonds. The van der Waals surface area contributed by atoms with Crippen LogP contribution in [0.25, 0.3) is 10.9 Å². The van der Waals surface area contributed by atoms with Crippen molar-refractivity contribution in [3.8, 4) is 0 Å². The Labute approximate surface area is 166 Å². The van der Waals surface area contributed by atoms with Crippen molar-refractivity contribution < 1.29 is 17.9 Å². The maximum Gasteiger partial charge on any atom is 0.220 e. The summed E-state index contributed by atoms with van der Waals surface area (Å²) >= 11 is 0. The van der Waals surface area contributed by atoms with Crippen LogP contribution in [-0.4, -0.2) is 61.2 Å². The van der Waals surface area contributed by atoms with Crippen LogP contribution in [0.3, 0.4) is 0 Å². The third kappa shape index (κ3) is 5.33. The van der Waals surface area contributed by atoms with E-state index in [9.17, 15) is 13.2 Å². The second kappa shape index (κ2) is 9.07. The van der Waals surface area contributed by atoms with Crippen molar-refractivity contribution in [2.75, 3.05) is 25.4 Å². The Hall–Kier alpha value is -1.90. The molecule has 1 saturated heterocycles. The first-order valence-corrected chi connectivity index (χ1v) is 11.4. The smallest absolute Gasteiger partial charge is 0.220 e. The van der Waals surface area contributed by atoms with E-state index < -0.39 is 10.0 Å². The molecular weight excluding hydrogens is 378 g/mol. The van der Waals surface area contributed by atoms with Crippen LogP contribution in [0.5, 0.6) is 0 Å². The number of rotatable bonds is 8. The topological polar surface area (TPSA) is 91.5 Å². The molecule has 0 bridgehead atoms. The molecule has 0 unspecified atom stereocenters. The number of morpholine rings is 1. The number of H-pyrrole nitrogens is 1. The Morgan fingerprint density at radius 2 is 1.96 bits per heavy atom. The standard InChI is InChI=1S/C20H29N3O4S/c1-15-13-23(14-16(2)27-15)28(25,26)11-10-21-20(24)9-5-6-17-12-22-19-8-4-3-7-18(17)19/h3-4,7-8,12,15-16,22H,5-6,9-11,13-14H2,1-2H3,(H,21,24)/t15-,16+. The molecule has 0 spiro atoms. The predicted molar refractivity (Wildman–Crippen MR) is 110 cm³/mol. The molecule has 28 heavy (non-hydrogen) atoms. The van der Waals surface area contributed by atoms with Crippen molar-refractivity contribution >= 4 is 26.8 Å². The number of benzene rings is 1. The third-order valence-electron chi connectivity index (χ3n) is 4.99. The van der Waals surface area contributed by atoms with Crippen LogP contribution in [0, 0.1) is 0 Å². The normalized spacial score (nSPS) is 21.1. The van der Waals surface area contributed by atoms with Crippen molar-refractivity contribution in [3.63, 3.8) is 0 Å². The lowest BCUT2D eigenvalue weighted by atomic mass is 10.1. The number of hydrogen-bond acceptors (Lipinski definition) is 4. The monoisotopic (exact) mass is 407 g/mol. The summed E-state index contributed by atoms with van der Waals surface area (Å²) in [6.07, 6.45) is 3.67. The number of para-hydroxylation sites is 1. The molecule has 2 atom stereocenters. The molecular formula is C20H29N3O4S. The number of aryl methyl sites for hydroxylation is 1. The Morgan fingerprint density at radius 3 is 2.71 bits per heavy atom. The Balaban J connectivity index is 1.39. The molecule has 2 heterocycles. The molecule has 2 aromatic rings. The lowest BCUT2D eigenvalue weighted by Gasteiger charge is -2.34. The van der Waals surface area contributed by atoms with Crippen LogP contribution in [0.2, 0.25) is 0 Å². The van der Waals surface area contributed by atoms with Gasteiger partial charge in [-0.3, -0.25) is 4.79 Å². The molecule has 154 valence electrons. The number of nitrogens with zero attached hydrogens (tertiary/aromatic N) is 1. The van der Waals surface area contributed by atoms with E-state index in [1.54, 1.807) is 0 Å². The van der Waals surface area contributed by atoms with Gasteiger partial charge in [0, 0.05) is 43.2 Å². The Morgan fingerprint density at radius 1 is 1.25 bits per heavy atom. The quantitative estimate of drug-likeness (QED) is 0.701. The van der Waals surface area contributed by atoms with Crippen molar-refractivity contribution in [1.82, 2.24) is 14.6 Å². The molecule has 1 aliphatic rings. The fourth-order valence-electron chi connectivity index (χ4n) is 3.67. The maximum atomic E-state index is 12.5. The highest BCUT2D eigenvalue weighted by Crippen LogP contribution is 2.19. The SMILES string of the molecule is C[C@@H]1CN(S(=O)(=O)CCNC(=O)CCCc2c[nH]c3ccccc23)C[C@H](C)O1. The van der Waals surface area contributed by atoms with Gasteiger partial charge in [0.05, 0.1) is 18.0 Å². The van der Waals surface area contributed by atoms with Gasteiger partial charge in [0.2, 0.25) is 15.9 Å². The van der Waals surface area contributed by atoms with E-state index >= 15 is 0 Å². The first-order chi connectivity index (χ1) is 13.3. The van der Waals surface area contributed by atoms with Crippen molar-refractivity contribution in [1.29, 1.82) is 0 Å². The predicted octanol–water partition coefficient (Wildman–Crippen LogP) is 2.05. The average Bonchev–Trinajstić information content (AvgIpc) is 3.04. The molecule has 1 aromatic carbocycles. The molecule has 1 aliphatic heterocycles. The minimum absolute atomic E-state index is 0.0827. The van der Waals surface area contributed by atoms with Gasteiger partial charge in [-0.05, 0) is 38.3 Å². The van der Waals surface area contributed by atoms with E-state index in [1.165, 1.54) is 15.3 Å². The molecule has 0 aliphatic carbocycles. The number of ether oxygens (including phenoxy) is 1. The lowest BCUT2D eigenvalue weighted by molar-refractivity contribution is -0.121. The number of amides is 1. The summed E-state index contributed by atoms with van der Waals surface area (Å²) in [4.78, 5) is 15.3. The largest absolute Gasteiger partial charge is 0.373 e. The molecule has 0 radical (unpaired) electrons. The average molecular weight is 408 g/mol. The number of hydrogen-bond donors (Lipinski definition) is 2. The van der Waals surface area contributed by atoms with E-state index in [0.717, 1.165) is 18.4 Å². The van der Waals surface area contributed by atoms with Gasteiger partial charge in [0.1, 0.15) is 0 Å². The third-order valence-corrected chi connectivity index (χ3v) is 6.79. The summed E-state index contributed by atoms with van der Waals surface area (Å²) in [6, 6.07) is 8.09. The highest BCUT2D eigenvalue weighted by Gasteiger charge is 2.30. The molecule has 0 saturated carbocycles. The zero-order valence-corrected chi connectivity index (χ0v) is 17.3. The zero-order valence-electron chi connectivity index (χ0n) is 16.5. The van der Waals surface area contributed by atoms with E-state index in [1.807, 2.05) is 38.2 Å². The van der Waals surface area contributed by atoms with Gasteiger partial charge < -0.3 is 15.0 Å². The van der Waals surface area contributed by atoms with Gasteiger partial charge in [-0.15, -0.1) is 0 Å². The maximum absolute atomic E-state index is 12.5. The number of aromatic nitrogens is 1.